The maximum Gasteiger partial charge on any atom is 0.0526 e. The fourth-order valence-electron chi connectivity index (χ4n) is 3.10. The van der Waals surface area contributed by atoms with Gasteiger partial charge in [-0.25, -0.2) is 0 Å². The van der Waals surface area contributed by atoms with E-state index < -0.39 is 0 Å². The van der Waals surface area contributed by atoms with Gasteiger partial charge in [0, 0.05) is 0 Å². The van der Waals surface area contributed by atoms with E-state index in [1.165, 1.54) is 32.1 Å². The van der Waals surface area contributed by atoms with Crippen molar-refractivity contribution in [1.82, 2.24) is 0 Å². The molecule has 2 aliphatic carbocycles. The Morgan fingerprint density at radius 3 is 2.27 bits per heavy atom. The molecule has 64 valence electrons. The Labute approximate surface area is 68.3 Å². The van der Waals surface area contributed by atoms with Gasteiger partial charge in [-0.1, -0.05) is 0 Å². The Morgan fingerprint density at radius 2 is 1.91 bits per heavy atom. The molecule has 11 heavy (non-hydrogen) atoms. The van der Waals surface area contributed by atoms with E-state index in [9.17, 15) is 0 Å². The van der Waals surface area contributed by atoms with Crippen LogP contribution in [0.5, 0.6) is 0 Å². The fourth-order valence-corrected chi connectivity index (χ4v) is 3.10. The molecule has 2 nitrogen and oxygen atoms in total. The molecule has 0 aromatic carbocycles. The van der Waals surface area contributed by atoms with Crippen molar-refractivity contribution in [2.24, 2.45) is 22.8 Å². The smallest absolute Gasteiger partial charge is 0.0526 e. The highest BCUT2D eigenvalue weighted by atomic mass is 14.9. The van der Waals surface area contributed by atoms with Gasteiger partial charge in [0.15, 0.2) is 0 Å². The van der Waals surface area contributed by atoms with Crippen LogP contribution in [-0.4, -0.2) is 6.17 Å². The number of hydrogen-bond donors (Lipinski definition) is 2. The van der Waals surface area contributed by atoms with E-state index >= 15 is 0 Å². The first-order valence-corrected chi connectivity index (χ1v) is 4.71. The first-order chi connectivity index (χ1) is 5.20. The lowest BCUT2D eigenvalue weighted by molar-refractivity contribution is 0.250. The molecular formula is C9H18N2. The minimum absolute atomic E-state index is 0.0770. The number of nitrogens with two attached hydrogens (primary N) is 2. The van der Waals surface area contributed by atoms with E-state index in [1.807, 2.05) is 0 Å². The van der Waals surface area contributed by atoms with Crippen molar-refractivity contribution in [2.45, 2.75) is 44.7 Å². The summed E-state index contributed by atoms with van der Waals surface area (Å²) in [5.41, 5.74) is 11.8. The van der Waals surface area contributed by atoms with Gasteiger partial charge in [-0.05, 0) is 49.9 Å². The van der Waals surface area contributed by atoms with E-state index in [0.29, 0.717) is 5.41 Å². The van der Waals surface area contributed by atoms with Crippen molar-refractivity contribution in [3.63, 3.8) is 0 Å². The standard InChI is InChI=1S/C9H18N2/c10-8(11)6-9-3-1-7(5-9)2-4-9/h7-8H,1-6,10-11H2. The highest BCUT2D eigenvalue weighted by molar-refractivity contribution is 4.96. The zero-order valence-electron chi connectivity index (χ0n) is 7.05. The van der Waals surface area contributed by atoms with Crippen LogP contribution in [0.4, 0.5) is 0 Å². The summed E-state index contributed by atoms with van der Waals surface area (Å²) in [6.07, 6.45) is 8.05. The van der Waals surface area contributed by atoms with Crippen LogP contribution in [0.3, 0.4) is 0 Å². The fraction of sp³-hybridized carbons (Fsp3) is 1.00. The number of hydrogen-bond acceptors (Lipinski definition) is 2. The van der Waals surface area contributed by atoms with Gasteiger partial charge in [-0.2, -0.15) is 0 Å². The van der Waals surface area contributed by atoms with Crippen molar-refractivity contribution < 1.29 is 0 Å². The summed E-state index contributed by atoms with van der Waals surface area (Å²) in [6, 6.07) is 0. The average molecular weight is 154 g/mol. The van der Waals surface area contributed by atoms with Crippen LogP contribution in [0.15, 0.2) is 0 Å². The molecule has 2 fully saturated rings. The predicted molar refractivity (Wildman–Crippen MR) is 45.8 cm³/mol. The normalized spacial score (nSPS) is 42.3. The molecular weight excluding hydrogens is 136 g/mol. The average Bonchev–Trinajstić information content (AvgIpc) is 2.43. The van der Waals surface area contributed by atoms with Gasteiger partial charge in [0.25, 0.3) is 0 Å². The lowest BCUT2D eigenvalue weighted by Gasteiger charge is -2.27. The van der Waals surface area contributed by atoms with Crippen molar-refractivity contribution >= 4 is 0 Å². The quantitative estimate of drug-likeness (QED) is 0.587. The second kappa shape index (κ2) is 2.46. The third-order valence-corrected chi connectivity index (χ3v) is 3.56. The molecule has 0 aromatic heterocycles. The molecule has 0 aromatic rings. The van der Waals surface area contributed by atoms with Crippen molar-refractivity contribution in [2.75, 3.05) is 0 Å². The first-order valence-electron chi connectivity index (χ1n) is 4.71. The Morgan fingerprint density at radius 1 is 1.27 bits per heavy atom. The van der Waals surface area contributed by atoms with Gasteiger partial charge >= 0.3 is 0 Å². The van der Waals surface area contributed by atoms with E-state index in [2.05, 4.69) is 0 Å². The lowest BCUT2D eigenvalue weighted by atomic mass is 9.80. The topological polar surface area (TPSA) is 52.0 Å². The Balaban J connectivity index is 1.99. The van der Waals surface area contributed by atoms with Crippen LogP contribution in [0.2, 0.25) is 0 Å². The molecule has 0 amide bonds. The summed E-state index contributed by atoms with van der Waals surface area (Å²) in [5.74, 6) is 1.02. The van der Waals surface area contributed by atoms with Crippen LogP contribution in [0.25, 0.3) is 0 Å². The molecule has 0 unspecified atom stereocenters. The predicted octanol–water partition coefficient (Wildman–Crippen LogP) is 1.20. The lowest BCUT2D eigenvalue weighted by Crippen LogP contribution is -2.36. The highest BCUT2D eigenvalue weighted by Gasteiger charge is 2.44. The third kappa shape index (κ3) is 1.30. The number of rotatable bonds is 2. The third-order valence-electron chi connectivity index (χ3n) is 3.56. The zero-order valence-corrected chi connectivity index (χ0v) is 7.05. The maximum atomic E-state index is 5.63. The van der Waals surface area contributed by atoms with Crippen molar-refractivity contribution in [3.8, 4) is 0 Å². The summed E-state index contributed by atoms with van der Waals surface area (Å²) in [5, 5.41) is 0. The first kappa shape index (κ1) is 7.56. The van der Waals surface area contributed by atoms with Crippen LogP contribution >= 0.6 is 0 Å². The van der Waals surface area contributed by atoms with E-state index in [0.717, 1.165) is 12.3 Å². The summed E-state index contributed by atoms with van der Waals surface area (Å²) in [6.45, 7) is 0. The molecule has 0 aliphatic heterocycles. The monoisotopic (exact) mass is 154 g/mol. The largest absolute Gasteiger partial charge is 0.316 e. The van der Waals surface area contributed by atoms with E-state index in [1.54, 1.807) is 0 Å². The van der Waals surface area contributed by atoms with E-state index in [-0.39, 0.29) is 6.17 Å². The van der Waals surface area contributed by atoms with Crippen LogP contribution in [-0.2, 0) is 0 Å². The van der Waals surface area contributed by atoms with Crippen LogP contribution in [0, 0.1) is 11.3 Å². The van der Waals surface area contributed by atoms with Gasteiger partial charge in [-0.15, -0.1) is 0 Å². The minimum Gasteiger partial charge on any atom is -0.316 e. The molecule has 2 saturated carbocycles. The summed E-state index contributed by atoms with van der Waals surface area (Å²) in [4.78, 5) is 0. The van der Waals surface area contributed by atoms with Crippen molar-refractivity contribution in [1.29, 1.82) is 0 Å². The molecule has 2 aliphatic rings. The summed E-state index contributed by atoms with van der Waals surface area (Å²) >= 11 is 0. The minimum atomic E-state index is -0.0770. The molecule has 0 saturated heterocycles. The second-order valence-electron chi connectivity index (χ2n) is 4.52. The van der Waals surface area contributed by atoms with Crippen LogP contribution < -0.4 is 11.5 Å². The SMILES string of the molecule is NC(N)CC12CCC(CC1)C2. The molecule has 0 atom stereocenters. The maximum absolute atomic E-state index is 5.63. The van der Waals surface area contributed by atoms with Gasteiger partial charge in [-0.3, -0.25) is 0 Å². The summed E-state index contributed by atoms with van der Waals surface area (Å²) < 4.78 is 0. The van der Waals surface area contributed by atoms with Crippen LogP contribution in [0.1, 0.15) is 38.5 Å². The molecule has 0 spiro atoms. The van der Waals surface area contributed by atoms with Gasteiger partial charge < -0.3 is 11.5 Å². The van der Waals surface area contributed by atoms with Gasteiger partial charge in [0.05, 0.1) is 6.17 Å². The second-order valence-corrected chi connectivity index (χ2v) is 4.52. The molecule has 2 rings (SSSR count). The highest BCUT2D eigenvalue weighted by Crippen LogP contribution is 2.55. The molecule has 0 radical (unpaired) electrons. The molecule has 4 N–H and O–H groups in total. The van der Waals surface area contributed by atoms with Crippen molar-refractivity contribution in [3.05, 3.63) is 0 Å². The van der Waals surface area contributed by atoms with Gasteiger partial charge in [0.2, 0.25) is 0 Å². The molecule has 2 bridgehead atoms. The number of fused-ring (bicyclic) bond motifs is 2. The molecule has 2 heteroatoms. The Kier molecular flexibility index (Phi) is 1.69. The zero-order chi connectivity index (χ0) is 7.90. The Hall–Kier alpha value is -0.0800. The summed E-state index contributed by atoms with van der Waals surface area (Å²) in [7, 11) is 0. The molecule has 0 heterocycles. The van der Waals surface area contributed by atoms with E-state index in [4.69, 9.17) is 11.5 Å². The van der Waals surface area contributed by atoms with Gasteiger partial charge in [0.1, 0.15) is 0 Å². The Bertz CT molecular complexity index is 146.